The molecule has 2 N–H and O–H groups in total. The second-order valence-electron chi connectivity index (χ2n) is 6.52. The molecule has 2 aliphatic rings. The molecule has 1 saturated heterocycles. The van der Waals surface area contributed by atoms with E-state index in [9.17, 15) is 0 Å². The van der Waals surface area contributed by atoms with Crippen molar-refractivity contribution in [2.45, 2.75) is 50.2 Å². The molecule has 0 radical (unpaired) electrons. The van der Waals surface area contributed by atoms with Crippen molar-refractivity contribution in [3.63, 3.8) is 0 Å². The number of aromatic nitrogens is 1. The van der Waals surface area contributed by atoms with E-state index in [0.717, 1.165) is 12.5 Å². The first-order valence-electron chi connectivity index (χ1n) is 8.18. The summed E-state index contributed by atoms with van der Waals surface area (Å²) in [6, 6.07) is 9.87. The number of fused-ring (bicyclic) bond motifs is 1. The van der Waals surface area contributed by atoms with Gasteiger partial charge in [-0.25, -0.2) is 0 Å². The number of benzene rings is 1. The molecule has 2 aromatic rings. The van der Waals surface area contributed by atoms with Crippen LogP contribution in [0.3, 0.4) is 0 Å². The summed E-state index contributed by atoms with van der Waals surface area (Å²) in [6.07, 6.45) is 10.3. The van der Waals surface area contributed by atoms with Gasteiger partial charge in [0.2, 0.25) is 0 Å². The maximum atomic E-state index is 6.59. The van der Waals surface area contributed by atoms with Crippen molar-refractivity contribution in [3.05, 3.63) is 42.2 Å². The average Bonchev–Trinajstić information content (AvgIpc) is 3.34. The molecule has 0 bridgehead atoms. The molecule has 3 nitrogen and oxygen atoms in total. The van der Waals surface area contributed by atoms with Crippen molar-refractivity contribution in [2.24, 2.45) is 5.73 Å². The van der Waals surface area contributed by atoms with Gasteiger partial charge in [0.15, 0.2) is 0 Å². The third-order valence-electron chi connectivity index (χ3n) is 5.00. The monoisotopic (exact) mass is 281 g/mol. The zero-order valence-corrected chi connectivity index (χ0v) is 12.4. The van der Waals surface area contributed by atoms with Crippen LogP contribution in [0.1, 0.15) is 43.7 Å². The number of rotatable bonds is 2. The van der Waals surface area contributed by atoms with Crippen LogP contribution in [0.15, 0.2) is 36.7 Å². The highest BCUT2D eigenvalue weighted by atomic mass is 15.2. The quantitative estimate of drug-likeness (QED) is 0.918. The maximum absolute atomic E-state index is 6.59. The predicted octanol–water partition coefficient (Wildman–Crippen LogP) is 3.25. The average molecular weight is 281 g/mol. The zero-order chi connectivity index (χ0) is 14.2. The Morgan fingerprint density at radius 1 is 1.05 bits per heavy atom. The van der Waals surface area contributed by atoms with Crippen molar-refractivity contribution in [1.82, 2.24) is 9.88 Å². The minimum Gasteiger partial charge on any atom is -0.326 e. The summed E-state index contributed by atoms with van der Waals surface area (Å²) in [5.41, 5.74) is 7.92. The molecule has 2 unspecified atom stereocenters. The molecule has 4 rings (SSSR count). The Balaban J connectivity index is 1.83. The Morgan fingerprint density at radius 2 is 1.90 bits per heavy atom. The smallest absolute Gasteiger partial charge is 0.0523 e. The fraction of sp³-hybridized carbons (Fsp3) is 0.500. The van der Waals surface area contributed by atoms with E-state index in [-0.39, 0.29) is 6.04 Å². The van der Waals surface area contributed by atoms with Gasteiger partial charge in [-0.15, -0.1) is 0 Å². The molecule has 1 aliphatic heterocycles. The van der Waals surface area contributed by atoms with E-state index >= 15 is 0 Å². The van der Waals surface area contributed by atoms with Crippen LogP contribution in [-0.2, 0) is 0 Å². The van der Waals surface area contributed by atoms with E-state index in [1.165, 1.54) is 48.6 Å². The highest BCUT2D eigenvalue weighted by Crippen LogP contribution is 2.40. The summed E-state index contributed by atoms with van der Waals surface area (Å²) in [5.74, 6) is 0. The van der Waals surface area contributed by atoms with E-state index in [1.54, 1.807) is 0 Å². The summed E-state index contributed by atoms with van der Waals surface area (Å²) in [6.45, 7) is 1.19. The van der Waals surface area contributed by atoms with Crippen LogP contribution in [0, 0.1) is 0 Å². The molecule has 110 valence electrons. The van der Waals surface area contributed by atoms with Gasteiger partial charge in [0.1, 0.15) is 0 Å². The Labute approximate surface area is 126 Å². The first kappa shape index (κ1) is 13.2. The summed E-state index contributed by atoms with van der Waals surface area (Å²) in [7, 11) is 0. The Bertz CT molecular complexity index is 630. The SMILES string of the molecule is NC1CCCCN(C2CC2)C1c1cncc2ccccc12. The lowest BCUT2D eigenvalue weighted by molar-refractivity contribution is 0.176. The van der Waals surface area contributed by atoms with Crippen LogP contribution in [0.5, 0.6) is 0 Å². The van der Waals surface area contributed by atoms with Crippen LogP contribution >= 0.6 is 0 Å². The van der Waals surface area contributed by atoms with Gasteiger partial charge in [0.25, 0.3) is 0 Å². The van der Waals surface area contributed by atoms with E-state index in [2.05, 4.69) is 34.1 Å². The number of pyridine rings is 1. The van der Waals surface area contributed by atoms with Crippen LogP contribution < -0.4 is 5.73 Å². The van der Waals surface area contributed by atoms with E-state index in [4.69, 9.17) is 5.73 Å². The van der Waals surface area contributed by atoms with Gasteiger partial charge >= 0.3 is 0 Å². The number of nitrogens with zero attached hydrogens (tertiary/aromatic N) is 2. The molecule has 21 heavy (non-hydrogen) atoms. The third-order valence-corrected chi connectivity index (χ3v) is 5.00. The van der Waals surface area contributed by atoms with Gasteiger partial charge in [0.05, 0.1) is 6.04 Å². The maximum Gasteiger partial charge on any atom is 0.0523 e. The van der Waals surface area contributed by atoms with Gasteiger partial charge < -0.3 is 5.73 Å². The molecular formula is C18H23N3. The lowest BCUT2D eigenvalue weighted by atomic mass is 9.93. The lowest BCUT2D eigenvalue weighted by Gasteiger charge is -2.34. The van der Waals surface area contributed by atoms with Crippen LogP contribution in [0.4, 0.5) is 0 Å². The highest BCUT2D eigenvalue weighted by Gasteiger charge is 2.38. The number of likely N-dealkylation sites (tertiary alicyclic amines) is 1. The molecule has 0 spiro atoms. The highest BCUT2D eigenvalue weighted by molar-refractivity contribution is 5.85. The molecule has 1 aromatic heterocycles. The van der Waals surface area contributed by atoms with Crippen molar-refractivity contribution in [3.8, 4) is 0 Å². The molecule has 2 fully saturated rings. The Morgan fingerprint density at radius 3 is 2.76 bits per heavy atom. The van der Waals surface area contributed by atoms with Crippen molar-refractivity contribution >= 4 is 10.8 Å². The van der Waals surface area contributed by atoms with Crippen LogP contribution in [0.25, 0.3) is 10.8 Å². The van der Waals surface area contributed by atoms with E-state index in [1.807, 2.05) is 12.4 Å². The standard InChI is InChI=1S/C18H23N3/c19-17-7-3-4-10-21(14-8-9-14)18(17)16-12-20-11-13-5-1-2-6-15(13)16/h1-2,5-6,11-12,14,17-18H,3-4,7-10,19H2. The van der Waals surface area contributed by atoms with Gasteiger partial charge in [-0.05, 0) is 43.2 Å². The zero-order valence-electron chi connectivity index (χ0n) is 12.4. The Hall–Kier alpha value is -1.45. The van der Waals surface area contributed by atoms with Crippen molar-refractivity contribution in [2.75, 3.05) is 6.54 Å². The normalized spacial score (nSPS) is 27.7. The molecule has 3 heteroatoms. The largest absolute Gasteiger partial charge is 0.326 e. The van der Waals surface area contributed by atoms with Crippen molar-refractivity contribution < 1.29 is 0 Å². The minimum absolute atomic E-state index is 0.223. The summed E-state index contributed by atoms with van der Waals surface area (Å²) in [4.78, 5) is 7.15. The molecule has 2 atom stereocenters. The lowest BCUT2D eigenvalue weighted by Crippen LogP contribution is -2.41. The topological polar surface area (TPSA) is 42.1 Å². The van der Waals surface area contributed by atoms with Crippen LogP contribution in [-0.4, -0.2) is 28.5 Å². The summed E-state index contributed by atoms with van der Waals surface area (Å²) in [5, 5.41) is 2.54. The molecule has 1 aliphatic carbocycles. The second kappa shape index (κ2) is 5.39. The Kier molecular flexibility index (Phi) is 3.40. The predicted molar refractivity (Wildman–Crippen MR) is 86.0 cm³/mol. The molecular weight excluding hydrogens is 258 g/mol. The molecule has 0 amide bonds. The number of nitrogens with two attached hydrogens (primary N) is 1. The van der Waals surface area contributed by atoms with Gasteiger partial charge in [-0.1, -0.05) is 30.7 Å². The van der Waals surface area contributed by atoms with Gasteiger partial charge in [-0.2, -0.15) is 0 Å². The van der Waals surface area contributed by atoms with Gasteiger partial charge in [-0.3, -0.25) is 9.88 Å². The third kappa shape index (κ3) is 2.45. The first-order valence-corrected chi connectivity index (χ1v) is 8.18. The fourth-order valence-corrected chi connectivity index (χ4v) is 3.82. The van der Waals surface area contributed by atoms with Crippen molar-refractivity contribution in [1.29, 1.82) is 0 Å². The first-order chi connectivity index (χ1) is 10.3. The second-order valence-corrected chi connectivity index (χ2v) is 6.52. The molecule has 1 aromatic carbocycles. The van der Waals surface area contributed by atoms with E-state index < -0.39 is 0 Å². The number of hydrogen-bond acceptors (Lipinski definition) is 3. The fourth-order valence-electron chi connectivity index (χ4n) is 3.82. The minimum atomic E-state index is 0.223. The summed E-state index contributed by atoms with van der Waals surface area (Å²) >= 11 is 0. The number of hydrogen-bond donors (Lipinski definition) is 1. The van der Waals surface area contributed by atoms with E-state index in [0.29, 0.717) is 6.04 Å². The van der Waals surface area contributed by atoms with Crippen LogP contribution in [0.2, 0.25) is 0 Å². The van der Waals surface area contributed by atoms with Gasteiger partial charge in [0, 0.05) is 29.9 Å². The molecule has 1 saturated carbocycles. The summed E-state index contributed by atoms with van der Waals surface area (Å²) < 4.78 is 0. The molecule has 2 heterocycles.